The molecule has 0 aromatic rings. The van der Waals surface area contributed by atoms with Crippen LogP contribution >= 0.6 is 0 Å². The summed E-state index contributed by atoms with van der Waals surface area (Å²) in [6.07, 6.45) is 9.36. The van der Waals surface area contributed by atoms with Gasteiger partial charge in [0.2, 0.25) is 0 Å². The Morgan fingerprint density at radius 3 is 2.94 bits per heavy atom. The Balaban J connectivity index is 1.71. The van der Waals surface area contributed by atoms with Gasteiger partial charge in [-0.25, -0.2) is 0 Å². The van der Waals surface area contributed by atoms with Gasteiger partial charge in [0.05, 0.1) is 0 Å². The van der Waals surface area contributed by atoms with Gasteiger partial charge < -0.3 is 10.5 Å². The van der Waals surface area contributed by atoms with Gasteiger partial charge >= 0.3 is 0 Å². The van der Waals surface area contributed by atoms with Crippen LogP contribution in [0.4, 0.5) is 0 Å². The van der Waals surface area contributed by atoms with Crippen LogP contribution in [0.15, 0.2) is 0 Å². The fourth-order valence-electron chi connectivity index (χ4n) is 3.61. The molecule has 3 unspecified atom stereocenters. The van der Waals surface area contributed by atoms with E-state index in [9.17, 15) is 0 Å². The molecule has 2 rings (SSSR count). The van der Waals surface area contributed by atoms with Crippen molar-refractivity contribution in [3.63, 3.8) is 0 Å². The van der Waals surface area contributed by atoms with E-state index in [1.807, 2.05) is 0 Å². The maximum Gasteiger partial charge on any atom is 0.0462 e. The second-order valence-corrected chi connectivity index (χ2v) is 5.79. The standard InChI is InChI=1S/C14H28N2O/c1-17-10-4-6-13(15)11-16-9-8-12-5-2-3-7-14(12)16/h12-14H,2-11,15H2,1H3. The number of likely N-dealkylation sites (tertiary alicyclic amines) is 1. The minimum atomic E-state index is 0.339. The molecule has 1 heterocycles. The van der Waals surface area contributed by atoms with E-state index in [-0.39, 0.29) is 0 Å². The maximum atomic E-state index is 6.22. The highest BCUT2D eigenvalue weighted by Crippen LogP contribution is 2.36. The van der Waals surface area contributed by atoms with Gasteiger partial charge in [0.15, 0.2) is 0 Å². The molecule has 3 nitrogen and oxygen atoms in total. The van der Waals surface area contributed by atoms with Gasteiger partial charge in [-0.1, -0.05) is 12.8 Å². The number of hydrogen-bond acceptors (Lipinski definition) is 3. The van der Waals surface area contributed by atoms with Crippen molar-refractivity contribution in [2.24, 2.45) is 11.7 Å². The first kappa shape index (κ1) is 13.3. The maximum absolute atomic E-state index is 6.22. The van der Waals surface area contributed by atoms with Crippen molar-refractivity contribution >= 4 is 0 Å². The van der Waals surface area contributed by atoms with Crippen LogP contribution in [0.1, 0.15) is 44.9 Å². The van der Waals surface area contributed by atoms with Crippen LogP contribution in [0.3, 0.4) is 0 Å². The topological polar surface area (TPSA) is 38.5 Å². The number of hydrogen-bond donors (Lipinski definition) is 1. The summed E-state index contributed by atoms with van der Waals surface area (Å²) in [5.41, 5.74) is 6.22. The van der Waals surface area contributed by atoms with Gasteiger partial charge in [-0.15, -0.1) is 0 Å². The first-order valence-corrected chi connectivity index (χ1v) is 7.30. The molecule has 0 spiro atoms. The summed E-state index contributed by atoms with van der Waals surface area (Å²) in [4.78, 5) is 2.67. The van der Waals surface area contributed by atoms with Crippen LogP contribution in [-0.2, 0) is 4.74 Å². The third kappa shape index (κ3) is 3.67. The van der Waals surface area contributed by atoms with Crippen LogP contribution in [0.25, 0.3) is 0 Å². The van der Waals surface area contributed by atoms with Crippen molar-refractivity contribution in [1.82, 2.24) is 4.90 Å². The molecule has 100 valence electrons. The van der Waals surface area contributed by atoms with E-state index in [0.717, 1.165) is 38.0 Å². The number of nitrogens with zero attached hydrogens (tertiary/aromatic N) is 1. The largest absolute Gasteiger partial charge is 0.385 e. The summed E-state index contributed by atoms with van der Waals surface area (Å²) in [7, 11) is 1.76. The first-order valence-electron chi connectivity index (χ1n) is 7.30. The lowest BCUT2D eigenvalue weighted by molar-refractivity contribution is 0.162. The lowest BCUT2D eigenvalue weighted by Crippen LogP contribution is -2.42. The quantitative estimate of drug-likeness (QED) is 0.722. The van der Waals surface area contributed by atoms with Gasteiger partial charge in [-0.2, -0.15) is 0 Å². The van der Waals surface area contributed by atoms with Crippen LogP contribution in [-0.4, -0.2) is 43.8 Å². The summed E-state index contributed by atoms with van der Waals surface area (Å²) in [5.74, 6) is 0.981. The fourth-order valence-corrected chi connectivity index (χ4v) is 3.61. The van der Waals surface area contributed by atoms with Gasteiger partial charge in [-0.05, 0) is 44.6 Å². The SMILES string of the molecule is COCCCC(N)CN1CCC2CCCCC21. The molecule has 2 fully saturated rings. The molecule has 0 radical (unpaired) electrons. The molecule has 2 N–H and O–H groups in total. The number of rotatable bonds is 6. The number of methoxy groups -OCH3 is 1. The van der Waals surface area contributed by atoms with E-state index < -0.39 is 0 Å². The average Bonchev–Trinajstić information content (AvgIpc) is 2.73. The normalized spacial score (nSPS) is 31.4. The summed E-state index contributed by atoms with van der Waals surface area (Å²) in [6, 6.07) is 1.20. The number of ether oxygens (including phenoxy) is 1. The van der Waals surface area contributed by atoms with E-state index in [1.165, 1.54) is 38.6 Å². The van der Waals surface area contributed by atoms with Gasteiger partial charge in [0, 0.05) is 32.3 Å². The summed E-state index contributed by atoms with van der Waals surface area (Å²) in [6.45, 7) is 3.23. The van der Waals surface area contributed by atoms with Gasteiger partial charge in [-0.3, -0.25) is 4.90 Å². The van der Waals surface area contributed by atoms with E-state index in [0.29, 0.717) is 6.04 Å². The molecule has 17 heavy (non-hydrogen) atoms. The molecule has 0 amide bonds. The van der Waals surface area contributed by atoms with Crippen LogP contribution in [0, 0.1) is 5.92 Å². The highest BCUT2D eigenvalue weighted by Gasteiger charge is 2.35. The van der Waals surface area contributed by atoms with Crippen LogP contribution in [0.5, 0.6) is 0 Å². The van der Waals surface area contributed by atoms with Crippen molar-refractivity contribution in [3.8, 4) is 0 Å². The molecular formula is C14H28N2O. The number of fused-ring (bicyclic) bond motifs is 1. The smallest absolute Gasteiger partial charge is 0.0462 e. The van der Waals surface area contributed by atoms with E-state index in [2.05, 4.69) is 4.90 Å². The molecule has 0 bridgehead atoms. The van der Waals surface area contributed by atoms with Gasteiger partial charge in [0.25, 0.3) is 0 Å². The van der Waals surface area contributed by atoms with Crippen LogP contribution < -0.4 is 5.73 Å². The Kier molecular flexibility index (Phi) is 5.26. The van der Waals surface area contributed by atoms with Crippen molar-refractivity contribution in [3.05, 3.63) is 0 Å². The molecule has 1 saturated carbocycles. The average molecular weight is 240 g/mol. The van der Waals surface area contributed by atoms with E-state index in [4.69, 9.17) is 10.5 Å². The van der Waals surface area contributed by atoms with Crippen molar-refractivity contribution < 1.29 is 4.74 Å². The van der Waals surface area contributed by atoms with Crippen molar-refractivity contribution in [2.75, 3.05) is 26.8 Å². The molecule has 3 heteroatoms. The Morgan fingerprint density at radius 2 is 2.12 bits per heavy atom. The number of nitrogens with two attached hydrogens (primary N) is 1. The van der Waals surface area contributed by atoms with Crippen molar-refractivity contribution in [2.45, 2.75) is 57.0 Å². The molecule has 1 saturated heterocycles. The second kappa shape index (κ2) is 6.72. The minimum Gasteiger partial charge on any atom is -0.385 e. The van der Waals surface area contributed by atoms with E-state index >= 15 is 0 Å². The first-order chi connectivity index (χ1) is 8.31. The summed E-state index contributed by atoms with van der Waals surface area (Å²) >= 11 is 0. The van der Waals surface area contributed by atoms with E-state index in [1.54, 1.807) is 7.11 Å². The Labute approximate surface area is 106 Å². The van der Waals surface area contributed by atoms with Crippen LogP contribution in [0.2, 0.25) is 0 Å². The molecule has 0 aromatic heterocycles. The molecule has 0 aromatic carbocycles. The lowest BCUT2D eigenvalue weighted by atomic mass is 9.85. The highest BCUT2D eigenvalue weighted by molar-refractivity contribution is 4.90. The third-order valence-corrected chi connectivity index (χ3v) is 4.52. The molecular weight excluding hydrogens is 212 g/mol. The Hall–Kier alpha value is -0.120. The Morgan fingerprint density at radius 1 is 1.29 bits per heavy atom. The molecule has 2 aliphatic rings. The molecule has 1 aliphatic heterocycles. The zero-order valence-corrected chi connectivity index (χ0v) is 11.2. The van der Waals surface area contributed by atoms with Crippen molar-refractivity contribution in [1.29, 1.82) is 0 Å². The highest BCUT2D eigenvalue weighted by atomic mass is 16.5. The predicted octanol–water partition coefficient (Wildman–Crippen LogP) is 2.00. The second-order valence-electron chi connectivity index (χ2n) is 5.79. The summed E-state index contributed by atoms with van der Waals surface area (Å²) in [5, 5.41) is 0. The molecule has 3 atom stereocenters. The zero-order chi connectivity index (χ0) is 12.1. The summed E-state index contributed by atoms with van der Waals surface area (Å²) < 4.78 is 5.08. The third-order valence-electron chi connectivity index (χ3n) is 4.52. The monoisotopic (exact) mass is 240 g/mol. The van der Waals surface area contributed by atoms with Gasteiger partial charge in [0.1, 0.15) is 0 Å². The lowest BCUT2D eigenvalue weighted by Gasteiger charge is -2.33. The minimum absolute atomic E-state index is 0.339. The predicted molar refractivity (Wildman–Crippen MR) is 71.0 cm³/mol. The zero-order valence-electron chi connectivity index (χ0n) is 11.2. The fraction of sp³-hybridized carbons (Fsp3) is 1.00. The molecule has 1 aliphatic carbocycles. The Bertz CT molecular complexity index is 222.